The minimum atomic E-state index is -0.573. The van der Waals surface area contributed by atoms with Gasteiger partial charge < -0.3 is 15.8 Å². The molecule has 4 nitrogen and oxygen atoms in total. The molecule has 3 N–H and O–H groups in total. The van der Waals surface area contributed by atoms with Crippen LogP contribution in [0.1, 0.15) is 37.6 Å². The highest BCUT2D eigenvalue weighted by Gasteiger charge is 2.15. The summed E-state index contributed by atoms with van der Waals surface area (Å²) < 4.78 is 18.3. The number of rotatable bonds is 4. The number of hydrogen-bond donors (Lipinski definition) is 2. The molecule has 0 aliphatic rings. The van der Waals surface area contributed by atoms with E-state index in [4.69, 9.17) is 5.73 Å². The zero-order chi connectivity index (χ0) is 14.6. The van der Waals surface area contributed by atoms with Crippen LogP contribution in [0, 0.1) is 11.2 Å². The van der Waals surface area contributed by atoms with E-state index < -0.39 is 11.8 Å². The molecule has 1 aromatic carbocycles. The molecule has 0 unspecified atom stereocenters. The fraction of sp³-hybridized carbons (Fsp3) is 0.500. The van der Waals surface area contributed by atoms with Crippen LogP contribution >= 0.6 is 0 Å². The lowest BCUT2D eigenvalue weighted by molar-refractivity contribution is 0.0602. The molecule has 0 saturated carbocycles. The number of ether oxygens (including phenoxy) is 1. The number of nitrogen functional groups attached to an aromatic ring is 1. The van der Waals surface area contributed by atoms with E-state index in [9.17, 15) is 9.18 Å². The molecule has 19 heavy (non-hydrogen) atoms. The Kier molecular flexibility index (Phi) is 4.75. The van der Waals surface area contributed by atoms with Gasteiger partial charge in [0.2, 0.25) is 0 Å². The fourth-order valence-electron chi connectivity index (χ4n) is 1.58. The molecule has 0 aliphatic carbocycles. The molecule has 0 atom stereocenters. The minimum Gasteiger partial charge on any atom is -0.465 e. The van der Waals surface area contributed by atoms with Gasteiger partial charge in [0, 0.05) is 12.2 Å². The first-order valence-corrected chi connectivity index (χ1v) is 6.16. The maximum atomic E-state index is 13.7. The van der Waals surface area contributed by atoms with E-state index in [1.54, 1.807) is 0 Å². The van der Waals surface area contributed by atoms with E-state index in [1.807, 2.05) is 0 Å². The summed E-state index contributed by atoms with van der Waals surface area (Å²) in [6.45, 7) is 6.93. The highest BCUT2D eigenvalue weighted by molar-refractivity contribution is 5.96. The average Bonchev–Trinajstić information content (AvgIpc) is 2.29. The second kappa shape index (κ2) is 5.91. The normalized spacial score (nSPS) is 11.2. The molecule has 0 bridgehead atoms. The van der Waals surface area contributed by atoms with Crippen LogP contribution in [0.25, 0.3) is 0 Å². The predicted octanol–water partition coefficient (Wildman–Crippen LogP) is 3.04. The number of hydrogen-bond acceptors (Lipinski definition) is 4. The van der Waals surface area contributed by atoms with Crippen molar-refractivity contribution in [3.63, 3.8) is 0 Å². The number of anilines is 2. The standard InChI is InChI=1S/C14H21FN2O2/c1-14(2,3)5-6-17-12-7-9(13(18)19-4)11(16)8-10(12)15/h7-8,17H,5-6,16H2,1-4H3. The summed E-state index contributed by atoms with van der Waals surface area (Å²) in [5.74, 6) is -1.05. The maximum absolute atomic E-state index is 13.7. The van der Waals surface area contributed by atoms with Crippen molar-refractivity contribution in [2.45, 2.75) is 27.2 Å². The molecular weight excluding hydrogens is 247 g/mol. The summed E-state index contributed by atoms with van der Waals surface area (Å²) in [4.78, 5) is 11.5. The smallest absolute Gasteiger partial charge is 0.340 e. The fourth-order valence-corrected chi connectivity index (χ4v) is 1.58. The van der Waals surface area contributed by atoms with Crippen molar-refractivity contribution in [2.24, 2.45) is 5.41 Å². The minimum absolute atomic E-state index is 0.0747. The summed E-state index contributed by atoms with van der Waals surface area (Å²) in [5.41, 5.74) is 6.26. The third kappa shape index (κ3) is 4.43. The molecule has 0 fully saturated rings. The summed E-state index contributed by atoms with van der Waals surface area (Å²) in [5, 5.41) is 2.98. The van der Waals surface area contributed by atoms with Crippen LogP contribution < -0.4 is 11.1 Å². The molecule has 0 heterocycles. The quantitative estimate of drug-likeness (QED) is 0.650. The van der Waals surface area contributed by atoms with Gasteiger partial charge in [0.05, 0.1) is 18.4 Å². The van der Waals surface area contributed by atoms with Gasteiger partial charge in [-0.15, -0.1) is 0 Å². The van der Waals surface area contributed by atoms with Gasteiger partial charge in [-0.1, -0.05) is 20.8 Å². The third-order valence-electron chi connectivity index (χ3n) is 2.73. The second-order valence-electron chi connectivity index (χ2n) is 5.65. The number of esters is 1. The van der Waals surface area contributed by atoms with E-state index in [0.717, 1.165) is 12.5 Å². The van der Waals surface area contributed by atoms with Crippen LogP contribution in [0.15, 0.2) is 12.1 Å². The molecule has 0 saturated heterocycles. The Morgan fingerprint density at radius 2 is 2.05 bits per heavy atom. The van der Waals surface area contributed by atoms with Crippen molar-refractivity contribution in [1.82, 2.24) is 0 Å². The Bertz CT molecular complexity index is 467. The number of halogens is 1. The summed E-state index contributed by atoms with van der Waals surface area (Å²) in [7, 11) is 1.26. The topological polar surface area (TPSA) is 64.3 Å². The Labute approximate surface area is 113 Å². The highest BCUT2D eigenvalue weighted by atomic mass is 19.1. The molecule has 0 amide bonds. The Hall–Kier alpha value is -1.78. The van der Waals surface area contributed by atoms with E-state index >= 15 is 0 Å². The Balaban J connectivity index is 2.86. The van der Waals surface area contributed by atoms with Gasteiger partial charge in [-0.3, -0.25) is 0 Å². The molecular formula is C14H21FN2O2. The van der Waals surface area contributed by atoms with Crippen molar-refractivity contribution < 1.29 is 13.9 Å². The number of nitrogens with two attached hydrogens (primary N) is 1. The number of carbonyl (C=O) groups excluding carboxylic acids is 1. The van der Waals surface area contributed by atoms with Crippen molar-refractivity contribution in [3.8, 4) is 0 Å². The zero-order valence-corrected chi connectivity index (χ0v) is 11.8. The van der Waals surface area contributed by atoms with Crippen LogP contribution in [0.4, 0.5) is 15.8 Å². The van der Waals surface area contributed by atoms with Gasteiger partial charge >= 0.3 is 5.97 Å². The first kappa shape index (κ1) is 15.3. The molecule has 0 aromatic heterocycles. The monoisotopic (exact) mass is 268 g/mol. The average molecular weight is 268 g/mol. The molecule has 5 heteroatoms. The highest BCUT2D eigenvalue weighted by Crippen LogP contribution is 2.24. The molecule has 1 aromatic rings. The third-order valence-corrected chi connectivity index (χ3v) is 2.73. The zero-order valence-electron chi connectivity index (χ0n) is 11.8. The molecule has 0 aliphatic heterocycles. The van der Waals surface area contributed by atoms with Gasteiger partial charge in [0.1, 0.15) is 5.82 Å². The lowest BCUT2D eigenvalue weighted by Gasteiger charge is -2.19. The Morgan fingerprint density at radius 3 is 2.58 bits per heavy atom. The van der Waals surface area contributed by atoms with Crippen molar-refractivity contribution in [3.05, 3.63) is 23.5 Å². The van der Waals surface area contributed by atoms with E-state index in [0.29, 0.717) is 6.54 Å². The van der Waals surface area contributed by atoms with Crippen LogP contribution in [0.2, 0.25) is 0 Å². The van der Waals surface area contributed by atoms with Crippen LogP contribution in [-0.2, 0) is 4.74 Å². The summed E-state index contributed by atoms with van der Waals surface area (Å²) in [6.07, 6.45) is 0.879. The summed E-state index contributed by atoms with van der Waals surface area (Å²) in [6, 6.07) is 2.52. The molecule has 1 rings (SSSR count). The number of methoxy groups -OCH3 is 1. The van der Waals surface area contributed by atoms with E-state index in [2.05, 4.69) is 30.8 Å². The largest absolute Gasteiger partial charge is 0.465 e. The predicted molar refractivity (Wildman–Crippen MR) is 74.7 cm³/mol. The van der Waals surface area contributed by atoms with Crippen molar-refractivity contribution in [2.75, 3.05) is 24.7 Å². The van der Waals surface area contributed by atoms with Gasteiger partial charge in [-0.25, -0.2) is 9.18 Å². The van der Waals surface area contributed by atoms with Crippen LogP contribution in [-0.4, -0.2) is 19.6 Å². The molecule has 0 radical (unpaired) electrons. The van der Waals surface area contributed by atoms with Crippen LogP contribution in [0.5, 0.6) is 0 Å². The van der Waals surface area contributed by atoms with E-state index in [-0.39, 0.29) is 22.4 Å². The second-order valence-corrected chi connectivity index (χ2v) is 5.65. The van der Waals surface area contributed by atoms with Gasteiger partial charge in [0.15, 0.2) is 0 Å². The Morgan fingerprint density at radius 1 is 1.42 bits per heavy atom. The van der Waals surface area contributed by atoms with Crippen molar-refractivity contribution >= 4 is 17.3 Å². The van der Waals surface area contributed by atoms with Crippen LogP contribution in [0.3, 0.4) is 0 Å². The first-order chi connectivity index (χ1) is 8.74. The number of carbonyl (C=O) groups is 1. The molecule has 106 valence electrons. The maximum Gasteiger partial charge on any atom is 0.340 e. The number of benzene rings is 1. The number of nitrogens with one attached hydrogen (secondary N) is 1. The first-order valence-electron chi connectivity index (χ1n) is 6.16. The lowest BCUT2D eigenvalue weighted by atomic mass is 9.92. The molecule has 0 spiro atoms. The lowest BCUT2D eigenvalue weighted by Crippen LogP contribution is -2.14. The van der Waals surface area contributed by atoms with Gasteiger partial charge in [0.25, 0.3) is 0 Å². The van der Waals surface area contributed by atoms with Crippen molar-refractivity contribution in [1.29, 1.82) is 0 Å². The van der Waals surface area contributed by atoms with Gasteiger partial charge in [-0.2, -0.15) is 0 Å². The van der Waals surface area contributed by atoms with Gasteiger partial charge in [-0.05, 0) is 24.0 Å². The summed E-state index contributed by atoms with van der Waals surface area (Å²) >= 11 is 0. The van der Waals surface area contributed by atoms with E-state index in [1.165, 1.54) is 13.2 Å². The SMILES string of the molecule is COC(=O)c1cc(NCCC(C)(C)C)c(F)cc1N.